The lowest BCUT2D eigenvalue weighted by atomic mass is 9.71. The molecule has 1 aromatic carbocycles. The molecule has 0 radical (unpaired) electrons. The van der Waals surface area contributed by atoms with Gasteiger partial charge in [-0.1, -0.05) is 49.7 Å². The average Bonchev–Trinajstić information content (AvgIpc) is 2.62. The molecule has 0 spiro atoms. The molecule has 3 rings (SSSR count). The summed E-state index contributed by atoms with van der Waals surface area (Å²) in [6.07, 6.45) is 1.42. The Morgan fingerprint density at radius 3 is 2.56 bits per heavy atom. The summed E-state index contributed by atoms with van der Waals surface area (Å²) in [5, 5.41) is 8.86. The summed E-state index contributed by atoms with van der Waals surface area (Å²) in [6, 6.07) is 9.46. The summed E-state index contributed by atoms with van der Waals surface area (Å²) in [7, 11) is 1.53. The second kappa shape index (κ2) is 7.66. The van der Waals surface area contributed by atoms with Gasteiger partial charge < -0.3 is 16.0 Å². The summed E-state index contributed by atoms with van der Waals surface area (Å²) >= 11 is 5.92. The molecule has 6 nitrogen and oxygen atoms in total. The van der Waals surface area contributed by atoms with Crippen molar-refractivity contribution in [2.45, 2.75) is 25.2 Å². The first-order valence-corrected chi connectivity index (χ1v) is 9.26. The van der Waals surface area contributed by atoms with Gasteiger partial charge in [-0.25, -0.2) is 4.98 Å². The van der Waals surface area contributed by atoms with Crippen LogP contribution in [-0.4, -0.2) is 36.9 Å². The summed E-state index contributed by atoms with van der Waals surface area (Å²) in [4.78, 5) is 29.5. The Hall–Kier alpha value is -2.44. The fraction of sp³-hybridized carbons (Fsp3) is 0.350. The zero-order valence-corrected chi connectivity index (χ0v) is 16.4. The highest BCUT2D eigenvalue weighted by Gasteiger charge is 2.47. The number of amides is 2. The lowest BCUT2D eigenvalue weighted by molar-refractivity contribution is -0.123. The molecule has 7 heteroatoms. The van der Waals surface area contributed by atoms with Crippen molar-refractivity contribution in [1.29, 1.82) is 0 Å². The maximum atomic E-state index is 13.3. The minimum atomic E-state index is -0.680. The van der Waals surface area contributed by atoms with E-state index >= 15 is 0 Å². The third kappa shape index (κ3) is 3.55. The number of pyridine rings is 1. The second-order valence-corrected chi connectivity index (χ2v) is 7.40. The van der Waals surface area contributed by atoms with Crippen molar-refractivity contribution in [2.24, 2.45) is 0 Å². The van der Waals surface area contributed by atoms with E-state index in [1.165, 1.54) is 19.3 Å². The van der Waals surface area contributed by atoms with Crippen LogP contribution in [0.4, 0.5) is 5.69 Å². The number of carbonyl (C=O) groups is 2. The van der Waals surface area contributed by atoms with Crippen LogP contribution in [-0.2, 0) is 10.2 Å². The van der Waals surface area contributed by atoms with Crippen LogP contribution in [0.2, 0.25) is 5.15 Å². The van der Waals surface area contributed by atoms with Crippen LogP contribution in [0.5, 0.6) is 0 Å². The van der Waals surface area contributed by atoms with Crippen LogP contribution >= 0.6 is 11.6 Å². The number of nitrogens with one attached hydrogen (secondary N) is 3. The monoisotopic (exact) mass is 386 g/mol. The highest BCUT2D eigenvalue weighted by atomic mass is 35.5. The number of hydrogen-bond acceptors (Lipinski definition) is 4. The van der Waals surface area contributed by atoms with Crippen molar-refractivity contribution >= 4 is 29.1 Å². The molecule has 2 amide bonds. The maximum absolute atomic E-state index is 13.3. The van der Waals surface area contributed by atoms with E-state index < -0.39 is 5.41 Å². The van der Waals surface area contributed by atoms with Crippen LogP contribution in [0.25, 0.3) is 0 Å². The largest absolute Gasteiger partial charge is 0.355 e. The van der Waals surface area contributed by atoms with Gasteiger partial charge in [-0.05, 0) is 23.1 Å². The SMILES string of the molecule is CNC(=O)c1cc(Cl)ncc1NC(=O)C1(c2ccccc2C(C)C)CNC1. The third-order valence-electron chi connectivity index (χ3n) is 4.98. The van der Waals surface area contributed by atoms with Crippen molar-refractivity contribution in [3.8, 4) is 0 Å². The molecule has 27 heavy (non-hydrogen) atoms. The number of aromatic nitrogens is 1. The molecule has 1 aliphatic rings. The summed E-state index contributed by atoms with van der Waals surface area (Å²) in [5.74, 6) is -0.202. The molecule has 2 heterocycles. The van der Waals surface area contributed by atoms with E-state index in [1.54, 1.807) is 0 Å². The molecular weight excluding hydrogens is 364 g/mol. The van der Waals surface area contributed by atoms with E-state index in [2.05, 4.69) is 40.8 Å². The highest BCUT2D eigenvalue weighted by molar-refractivity contribution is 6.30. The van der Waals surface area contributed by atoms with Gasteiger partial charge in [-0.15, -0.1) is 0 Å². The summed E-state index contributed by atoms with van der Waals surface area (Å²) < 4.78 is 0. The fourth-order valence-electron chi connectivity index (χ4n) is 3.38. The Labute approximate surface area is 163 Å². The number of carbonyl (C=O) groups excluding carboxylic acids is 2. The lowest BCUT2D eigenvalue weighted by Gasteiger charge is -2.43. The van der Waals surface area contributed by atoms with Crippen LogP contribution < -0.4 is 16.0 Å². The molecule has 0 aliphatic carbocycles. The normalized spacial score (nSPS) is 15.1. The molecule has 3 N–H and O–H groups in total. The molecule has 1 aromatic heterocycles. The van der Waals surface area contributed by atoms with Gasteiger partial charge in [-0.2, -0.15) is 0 Å². The van der Waals surface area contributed by atoms with Crippen LogP contribution in [0.3, 0.4) is 0 Å². The fourth-order valence-corrected chi connectivity index (χ4v) is 3.54. The van der Waals surface area contributed by atoms with Gasteiger partial charge in [0, 0.05) is 20.1 Å². The van der Waals surface area contributed by atoms with Gasteiger partial charge in [0.25, 0.3) is 5.91 Å². The summed E-state index contributed by atoms with van der Waals surface area (Å²) in [6.45, 7) is 5.31. The highest BCUT2D eigenvalue weighted by Crippen LogP contribution is 2.36. The zero-order valence-electron chi connectivity index (χ0n) is 15.6. The van der Waals surface area contributed by atoms with Gasteiger partial charge in [0.05, 0.1) is 22.9 Å². The van der Waals surface area contributed by atoms with Gasteiger partial charge in [-0.3, -0.25) is 9.59 Å². The lowest BCUT2D eigenvalue weighted by Crippen LogP contribution is -2.63. The second-order valence-electron chi connectivity index (χ2n) is 7.01. The van der Waals surface area contributed by atoms with Crippen LogP contribution in [0, 0.1) is 0 Å². The molecule has 1 fully saturated rings. The van der Waals surface area contributed by atoms with Crippen LogP contribution in [0.15, 0.2) is 36.5 Å². The average molecular weight is 387 g/mol. The van der Waals surface area contributed by atoms with E-state index in [0.29, 0.717) is 24.7 Å². The Morgan fingerprint density at radius 2 is 1.96 bits per heavy atom. The number of rotatable bonds is 5. The predicted octanol–water partition coefficient (Wildman–Crippen LogP) is 2.70. The molecule has 0 unspecified atom stereocenters. The van der Waals surface area contributed by atoms with Crippen molar-refractivity contribution < 1.29 is 9.59 Å². The van der Waals surface area contributed by atoms with Gasteiger partial charge >= 0.3 is 0 Å². The Morgan fingerprint density at radius 1 is 1.26 bits per heavy atom. The Kier molecular flexibility index (Phi) is 5.48. The first-order valence-electron chi connectivity index (χ1n) is 8.88. The number of benzene rings is 1. The molecule has 0 atom stereocenters. The quantitative estimate of drug-likeness (QED) is 0.690. The topological polar surface area (TPSA) is 83.1 Å². The predicted molar refractivity (Wildman–Crippen MR) is 106 cm³/mol. The van der Waals surface area contributed by atoms with Gasteiger partial charge in [0.15, 0.2) is 0 Å². The number of anilines is 1. The van der Waals surface area contributed by atoms with E-state index in [4.69, 9.17) is 11.6 Å². The minimum Gasteiger partial charge on any atom is -0.355 e. The molecule has 1 aliphatic heterocycles. The standard InChI is InChI=1S/C20H23ClN4O2/c1-12(2)13-6-4-5-7-15(13)20(10-23-11-20)19(27)25-16-9-24-17(21)8-14(16)18(26)22-3/h4-9,12,23H,10-11H2,1-3H3,(H,22,26)(H,25,27). The van der Waals surface area contributed by atoms with Crippen LogP contribution in [0.1, 0.15) is 41.3 Å². The minimum absolute atomic E-state index is 0.163. The zero-order chi connectivity index (χ0) is 19.6. The third-order valence-corrected chi connectivity index (χ3v) is 5.18. The van der Waals surface area contributed by atoms with E-state index in [1.807, 2.05) is 18.2 Å². The molecular formula is C20H23ClN4O2. The molecule has 1 saturated heterocycles. The van der Waals surface area contributed by atoms with Gasteiger partial charge in [0.1, 0.15) is 5.15 Å². The first-order chi connectivity index (χ1) is 12.9. The van der Waals surface area contributed by atoms with E-state index in [0.717, 1.165) is 11.1 Å². The first kappa shape index (κ1) is 19.3. The number of halogens is 1. The van der Waals surface area contributed by atoms with Crippen molar-refractivity contribution in [3.63, 3.8) is 0 Å². The Bertz CT molecular complexity index is 878. The van der Waals surface area contributed by atoms with Crippen molar-refractivity contribution in [1.82, 2.24) is 15.6 Å². The van der Waals surface area contributed by atoms with E-state index in [9.17, 15) is 9.59 Å². The smallest absolute Gasteiger partial charge is 0.253 e. The maximum Gasteiger partial charge on any atom is 0.253 e. The van der Waals surface area contributed by atoms with Crippen molar-refractivity contribution in [2.75, 3.05) is 25.5 Å². The summed E-state index contributed by atoms with van der Waals surface area (Å²) in [5.41, 5.74) is 2.11. The van der Waals surface area contributed by atoms with Gasteiger partial charge in [0.2, 0.25) is 5.91 Å². The molecule has 2 aromatic rings. The molecule has 0 saturated carbocycles. The Balaban J connectivity index is 1.98. The molecule has 0 bridgehead atoms. The van der Waals surface area contributed by atoms with E-state index in [-0.39, 0.29) is 22.5 Å². The molecule has 142 valence electrons. The van der Waals surface area contributed by atoms with Crippen molar-refractivity contribution in [3.05, 3.63) is 58.4 Å². The number of nitrogens with zero attached hydrogens (tertiary/aromatic N) is 1. The number of hydrogen-bond donors (Lipinski definition) is 3.